The minimum absolute atomic E-state index is 0.217. The second-order valence-corrected chi connectivity index (χ2v) is 5.84. The van der Waals surface area contributed by atoms with Crippen molar-refractivity contribution in [2.24, 2.45) is 0 Å². The fraction of sp³-hybridized carbons (Fsp3) is 0.714. The molecule has 1 aromatic heterocycles. The van der Waals surface area contributed by atoms with Crippen LogP contribution in [0.5, 0.6) is 0 Å². The average molecular weight is 298 g/mol. The van der Waals surface area contributed by atoms with E-state index in [9.17, 15) is 4.79 Å². The lowest BCUT2D eigenvalue weighted by Gasteiger charge is -2.19. The van der Waals surface area contributed by atoms with Crippen LogP contribution in [0.25, 0.3) is 0 Å². The Kier molecular flexibility index (Phi) is 6.64. The highest BCUT2D eigenvalue weighted by atomic mass is 16.6. The molecule has 0 spiro atoms. The van der Waals surface area contributed by atoms with Gasteiger partial charge < -0.3 is 14.8 Å². The Labute approximate surface area is 125 Å². The van der Waals surface area contributed by atoms with Crippen LogP contribution >= 0.6 is 0 Å². The Morgan fingerprint density at radius 1 is 1.48 bits per heavy atom. The molecular formula is C14H26N4O3. The number of rotatable bonds is 7. The molecule has 1 heterocycles. The highest BCUT2D eigenvalue weighted by Gasteiger charge is 2.18. The zero-order valence-corrected chi connectivity index (χ0v) is 13.4. The number of nitrogens with zero attached hydrogens (tertiary/aromatic N) is 1. The summed E-state index contributed by atoms with van der Waals surface area (Å²) in [5.74, 6) is 0.542. The van der Waals surface area contributed by atoms with Crippen LogP contribution < -0.4 is 10.6 Å². The minimum atomic E-state index is -0.533. The first kappa shape index (κ1) is 17.5. The fourth-order valence-corrected chi connectivity index (χ4v) is 1.60. The largest absolute Gasteiger partial charge is 0.444 e. The lowest BCUT2D eigenvalue weighted by atomic mass is 10.2. The molecule has 1 unspecified atom stereocenters. The summed E-state index contributed by atoms with van der Waals surface area (Å²) < 4.78 is 10.5. The van der Waals surface area contributed by atoms with E-state index in [0.29, 0.717) is 25.6 Å². The van der Waals surface area contributed by atoms with Crippen LogP contribution in [0.1, 0.15) is 40.2 Å². The molecule has 0 bridgehead atoms. The van der Waals surface area contributed by atoms with E-state index in [1.165, 1.54) is 0 Å². The second kappa shape index (κ2) is 7.99. The van der Waals surface area contributed by atoms with Gasteiger partial charge >= 0.3 is 6.09 Å². The molecule has 0 aliphatic heterocycles. The summed E-state index contributed by atoms with van der Waals surface area (Å²) in [4.78, 5) is 11.7. The van der Waals surface area contributed by atoms with Gasteiger partial charge in [0.25, 0.3) is 0 Å². The van der Waals surface area contributed by atoms with Crippen LogP contribution in [0.4, 0.5) is 10.6 Å². The number of hydrogen-bond acceptors (Lipinski definition) is 5. The Hall–Kier alpha value is -1.60. The maximum absolute atomic E-state index is 11.7. The number of carbonyl (C=O) groups is 1. The summed E-state index contributed by atoms with van der Waals surface area (Å²) in [5, 5.41) is 12.7. The van der Waals surface area contributed by atoms with E-state index in [1.54, 1.807) is 6.20 Å². The van der Waals surface area contributed by atoms with Crippen molar-refractivity contribution in [3.63, 3.8) is 0 Å². The second-order valence-electron chi connectivity index (χ2n) is 5.84. The highest BCUT2D eigenvalue weighted by Crippen LogP contribution is 2.13. The lowest BCUT2D eigenvalue weighted by molar-refractivity contribution is 0.0635. The van der Waals surface area contributed by atoms with Gasteiger partial charge in [-0.3, -0.25) is 10.4 Å². The number of ether oxygens (including phenoxy) is 2. The lowest BCUT2D eigenvalue weighted by Crippen LogP contribution is -2.31. The molecule has 0 aliphatic rings. The molecule has 1 rings (SSSR count). The van der Waals surface area contributed by atoms with Gasteiger partial charge in [0.1, 0.15) is 11.4 Å². The molecule has 0 saturated carbocycles. The zero-order chi connectivity index (χ0) is 15.9. The number of amides is 1. The summed E-state index contributed by atoms with van der Waals surface area (Å²) >= 11 is 0. The molecule has 0 saturated heterocycles. The predicted molar refractivity (Wildman–Crippen MR) is 81.2 cm³/mol. The van der Waals surface area contributed by atoms with E-state index in [4.69, 9.17) is 9.47 Å². The van der Waals surface area contributed by atoms with Crippen LogP contribution in [0.2, 0.25) is 0 Å². The van der Waals surface area contributed by atoms with Crippen molar-refractivity contribution in [3.05, 3.63) is 11.8 Å². The third kappa shape index (κ3) is 7.10. The van der Waals surface area contributed by atoms with Crippen molar-refractivity contribution in [1.29, 1.82) is 0 Å². The summed E-state index contributed by atoms with van der Waals surface area (Å²) in [5.41, 5.74) is 0.332. The third-order valence-corrected chi connectivity index (χ3v) is 2.56. The van der Waals surface area contributed by atoms with Gasteiger partial charge in [0.05, 0.1) is 12.8 Å². The molecule has 1 aromatic rings. The smallest absolute Gasteiger partial charge is 0.413 e. The number of anilines is 1. The summed E-state index contributed by atoms with van der Waals surface area (Å²) in [7, 11) is 0. The minimum Gasteiger partial charge on any atom is -0.444 e. The van der Waals surface area contributed by atoms with E-state index in [1.807, 2.05) is 34.6 Å². The molecule has 7 nitrogen and oxygen atoms in total. The summed E-state index contributed by atoms with van der Waals surface area (Å²) in [6, 6.07) is 0.217. The van der Waals surface area contributed by atoms with Gasteiger partial charge in [-0.2, -0.15) is 5.10 Å². The number of hydrogen-bond donors (Lipinski definition) is 3. The van der Waals surface area contributed by atoms with E-state index in [0.717, 1.165) is 5.56 Å². The maximum Gasteiger partial charge on any atom is 0.413 e. The van der Waals surface area contributed by atoms with E-state index in [-0.39, 0.29) is 6.04 Å². The van der Waals surface area contributed by atoms with Crippen molar-refractivity contribution >= 4 is 11.9 Å². The number of carbonyl (C=O) groups excluding carboxylic acids is 1. The maximum atomic E-state index is 11.7. The van der Waals surface area contributed by atoms with E-state index >= 15 is 0 Å². The van der Waals surface area contributed by atoms with Gasteiger partial charge in [0, 0.05) is 24.8 Å². The SMILES string of the molecule is CCOCC(C)NCc1cn[nH]c1NC(=O)OC(C)(C)C. The first-order valence-electron chi connectivity index (χ1n) is 7.15. The molecule has 21 heavy (non-hydrogen) atoms. The monoisotopic (exact) mass is 298 g/mol. The molecule has 3 N–H and O–H groups in total. The van der Waals surface area contributed by atoms with Crippen LogP contribution in [-0.2, 0) is 16.0 Å². The molecule has 120 valence electrons. The van der Waals surface area contributed by atoms with Gasteiger partial charge in [-0.25, -0.2) is 4.79 Å². The Bertz CT molecular complexity index is 440. The first-order chi connectivity index (χ1) is 9.81. The molecule has 1 amide bonds. The molecular weight excluding hydrogens is 272 g/mol. The predicted octanol–water partition coefficient (Wildman–Crippen LogP) is 2.27. The Balaban J connectivity index is 2.48. The van der Waals surface area contributed by atoms with Crippen molar-refractivity contribution in [1.82, 2.24) is 15.5 Å². The molecule has 0 fully saturated rings. The number of aromatic nitrogens is 2. The summed E-state index contributed by atoms with van der Waals surface area (Å²) in [6.07, 6.45) is 1.17. The van der Waals surface area contributed by atoms with Gasteiger partial charge in [0.2, 0.25) is 0 Å². The number of H-pyrrole nitrogens is 1. The van der Waals surface area contributed by atoms with Crippen LogP contribution in [0, 0.1) is 0 Å². The quantitative estimate of drug-likeness (QED) is 0.718. The summed E-state index contributed by atoms with van der Waals surface area (Å²) in [6.45, 7) is 11.4. The zero-order valence-electron chi connectivity index (χ0n) is 13.4. The molecule has 0 aliphatic carbocycles. The van der Waals surface area contributed by atoms with Crippen LogP contribution in [-0.4, -0.2) is 41.1 Å². The number of aromatic amines is 1. The number of nitrogens with one attached hydrogen (secondary N) is 3. The third-order valence-electron chi connectivity index (χ3n) is 2.56. The average Bonchev–Trinajstić information content (AvgIpc) is 2.78. The Morgan fingerprint density at radius 3 is 2.81 bits per heavy atom. The van der Waals surface area contributed by atoms with Crippen molar-refractivity contribution in [3.8, 4) is 0 Å². The van der Waals surface area contributed by atoms with Crippen molar-refractivity contribution in [2.45, 2.75) is 52.8 Å². The fourth-order valence-electron chi connectivity index (χ4n) is 1.60. The van der Waals surface area contributed by atoms with Gasteiger partial charge in [0.15, 0.2) is 0 Å². The standard InChI is InChI=1S/C14H26N4O3/c1-6-20-9-10(2)15-7-11-8-16-18-12(11)17-13(19)21-14(3,4)5/h8,10,15H,6-7,9H2,1-5H3,(H2,16,17,18,19). The van der Waals surface area contributed by atoms with Crippen molar-refractivity contribution < 1.29 is 14.3 Å². The van der Waals surface area contributed by atoms with Gasteiger partial charge in [-0.15, -0.1) is 0 Å². The van der Waals surface area contributed by atoms with E-state index in [2.05, 4.69) is 20.8 Å². The van der Waals surface area contributed by atoms with E-state index < -0.39 is 11.7 Å². The normalized spacial score (nSPS) is 13.0. The van der Waals surface area contributed by atoms with Crippen LogP contribution in [0.3, 0.4) is 0 Å². The highest BCUT2D eigenvalue weighted by molar-refractivity contribution is 5.84. The van der Waals surface area contributed by atoms with Crippen molar-refractivity contribution in [2.75, 3.05) is 18.5 Å². The van der Waals surface area contributed by atoms with Gasteiger partial charge in [-0.1, -0.05) is 0 Å². The molecule has 7 heteroatoms. The molecule has 1 atom stereocenters. The molecule has 0 aromatic carbocycles. The topological polar surface area (TPSA) is 88.3 Å². The van der Waals surface area contributed by atoms with Crippen LogP contribution in [0.15, 0.2) is 6.20 Å². The first-order valence-corrected chi connectivity index (χ1v) is 7.15. The molecule has 0 radical (unpaired) electrons. The van der Waals surface area contributed by atoms with Gasteiger partial charge in [-0.05, 0) is 34.6 Å². The Morgan fingerprint density at radius 2 is 2.19 bits per heavy atom.